The summed E-state index contributed by atoms with van der Waals surface area (Å²) in [7, 11) is 0. The summed E-state index contributed by atoms with van der Waals surface area (Å²) in [4.78, 5) is 20.0. The quantitative estimate of drug-likeness (QED) is 0.704. The average molecular weight is 384 g/mol. The Hall–Kier alpha value is -2.55. The smallest absolute Gasteiger partial charge is 0.251 e. The maximum absolute atomic E-state index is 12.5. The first kappa shape index (κ1) is 17.8. The van der Waals surface area contributed by atoms with E-state index >= 15 is 0 Å². The van der Waals surface area contributed by atoms with Crippen LogP contribution in [0.15, 0.2) is 46.3 Å². The first-order valence-corrected chi connectivity index (χ1v) is 9.69. The average Bonchev–Trinajstić information content (AvgIpc) is 3.39. The lowest BCUT2D eigenvalue weighted by Gasteiger charge is -2.26. The van der Waals surface area contributed by atoms with Crippen molar-refractivity contribution in [3.8, 4) is 10.7 Å². The molecule has 8 heteroatoms. The molecule has 1 saturated heterocycles. The van der Waals surface area contributed by atoms with Crippen LogP contribution in [0.3, 0.4) is 0 Å². The van der Waals surface area contributed by atoms with Gasteiger partial charge in [-0.3, -0.25) is 9.69 Å². The van der Waals surface area contributed by atoms with Gasteiger partial charge in [0.25, 0.3) is 5.91 Å². The first-order valence-electron chi connectivity index (χ1n) is 8.81. The molecule has 0 bridgehead atoms. The molecule has 1 aromatic carbocycles. The van der Waals surface area contributed by atoms with Crippen LogP contribution in [0, 0.1) is 0 Å². The van der Waals surface area contributed by atoms with Gasteiger partial charge in [0.1, 0.15) is 0 Å². The number of morpholine rings is 1. The van der Waals surface area contributed by atoms with Gasteiger partial charge in [-0.05, 0) is 29.1 Å². The van der Waals surface area contributed by atoms with Gasteiger partial charge in [-0.2, -0.15) is 4.98 Å². The topological polar surface area (TPSA) is 80.5 Å². The molecule has 0 radical (unpaired) electrons. The number of ether oxygens (including phenoxy) is 1. The van der Waals surface area contributed by atoms with E-state index < -0.39 is 0 Å². The van der Waals surface area contributed by atoms with Gasteiger partial charge in [0.15, 0.2) is 0 Å². The Morgan fingerprint density at radius 1 is 1.22 bits per heavy atom. The Morgan fingerprint density at radius 2 is 2.11 bits per heavy atom. The van der Waals surface area contributed by atoms with E-state index in [2.05, 4.69) is 20.4 Å². The summed E-state index contributed by atoms with van der Waals surface area (Å²) < 4.78 is 10.6. The van der Waals surface area contributed by atoms with Crippen LogP contribution in [-0.4, -0.2) is 47.3 Å². The van der Waals surface area contributed by atoms with Crippen LogP contribution in [0.4, 0.5) is 0 Å². The third-order valence-electron chi connectivity index (χ3n) is 4.31. The summed E-state index contributed by atoms with van der Waals surface area (Å²) in [5.74, 6) is 0.771. The van der Waals surface area contributed by atoms with Gasteiger partial charge < -0.3 is 14.6 Å². The number of nitrogens with one attached hydrogen (secondary N) is 1. The number of aromatic nitrogens is 2. The van der Waals surface area contributed by atoms with Gasteiger partial charge in [-0.25, -0.2) is 0 Å². The van der Waals surface area contributed by atoms with E-state index in [1.54, 1.807) is 11.3 Å². The Bertz CT molecular complexity index is 888. The van der Waals surface area contributed by atoms with E-state index in [9.17, 15) is 4.79 Å². The summed E-state index contributed by atoms with van der Waals surface area (Å²) in [5.41, 5.74) is 1.74. The van der Waals surface area contributed by atoms with Gasteiger partial charge in [-0.15, -0.1) is 11.3 Å². The third-order valence-corrected chi connectivity index (χ3v) is 5.17. The second-order valence-electron chi connectivity index (χ2n) is 6.26. The molecular formula is C19H20N4O3S. The van der Waals surface area contributed by atoms with Crippen LogP contribution in [0.5, 0.6) is 0 Å². The van der Waals surface area contributed by atoms with Crippen LogP contribution in [0.1, 0.15) is 21.8 Å². The first-order chi connectivity index (χ1) is 13.3. The number of amides is 1. The predicted octanol–water partition coefficient (Wildman–Crippen LogP) is 2.56. The normalized spacial score (nSPS) is 15.0. The van der Waals surface area contributed by atoms with Gasteiger partial charge in [0.2, 0.25) is 11.7 Å². The lowest BCUT2D eigenvalue weighted by Crippen LogP contribution is -2.35. The SMILES string of the molecule is O=C(NCc1nc(-c2cccs2)no1)c1cccc(CN2CCOCC2)c1. The molecule has 1 aliphatic rings. The van der Waals surface area contributed by atoms with Gasteiger partial charge in [0.05, 0.1) is 24.6 Å². The minimum absolute atomic E-state index is 0.158. The summed E-state index contributed by atoms with van der Waals surface area (Å²) in [6.45, 7) is 4.37. The number of rotatable bonds is 6. The van der Waals surface area contributed by atoms with Crippen molar-refractivity contribution in [1.29, 1.82) is 0 Å². The van der Waals surface area contributed by atoms with Crippen molar-refractivity contribution < 1.29 is 14.1 Å². The van der Waals surface area contributed by atoms with Crippen LogP contribution in [0.25, 0.3) is 10.7 Å². The zero-order chi connectivity index (χ0) is 18.5. The second kappa shape index (κ2) is 8.43. The van der Waals surface area contributed by atoms with Crippen molar-refractivity contribution >= 4 is 17.2 Å². The standard InChI is InChI=1S/C19H20N4O3S/c24-19(20-12-17-21-18(22-26-17)16-5-2-10-27-16)15-4-1-3-14(11-15)13-23-6-8-25-9-7-23/h1-5,10-11H,6-9,12-13H2,(H,20,24). The van der Waals surface area contributed by atoms with E-state index in [0.29, 0.717) is 17.3 Å². The molecule has 1 N–H and O–H groups in total. The highest BCUT2D eigenvalue weighted by Gasteiger charge is 2.14. The number of benzene rings is 1. The number of nitrogens with zero attached hydrogens (tertiary/aromatic N) is 3. The fourth-order valence-corrected chi connectivity index (χ4v) is 3.57. The van der Waals surface area contributed by atoms with Crippen LogP contribution >= 0.6 is 11.3 Å². The minimum atomic E-state index is -0.158. The number of carbonyl (C=O) groups is 1. The van der Waals surface area contributed by atoms with Crippen molar-refractivity contribution in [2.45, 2.75) is 13.1 Å². The maximum Gasteiger partial charge on any atom is 0.251 e. The van der Waals surface area contributed by atoms with Crippen LogP contribution < -0.4 is 5.32 Å². The third kappa shape index (κ3) is 4.60. The molecule has 3 heterocycles. The molecule has 1 amide bonds. The van der Waals surface area contributed by atoms with Crippen molar-refractivity contribution in [3.63, 3.8) is 0 Å². The molecule has 27 heavy (non-hydrogen) atoms. The molecule has 1 fully saturated rings. The molecule has 0 atom stereocenters. The van der Waals surface area contributed by atoms with Crippen molar-refractivity contribution in [1.82, 2.24) is 20.4 Å². The second-order valence-corrected chi connectivity index (χ2v) is 7.21. The number of hydrogen-bond acceptors (Lipinski definition) is 7. The van der Waals surface area contributed by atoms with E-state index in [-0.39, 0.29) is 12.5 Å². The van der Waals surface area contributed by atoms with Gasteiger partial charge >= 0.3 is 0 Å². The van der Waals surface area contributed by atoms with Crippen molar-refractivity contribution in [3.05, 3.63) is 58.8 Å². The Labute approximate surface area is 161 Å². The molecule has 0 saturated carbocycles. The molecule has 0 unspecified atom stereocenters. The largest absolute Gasteiger partial charge is 0.379 e. The summed E-state index contributed by atoms with van der Waals surface area (Å²) in [6.07, 6.45) is 0. The zero-order valence-corrected chi connectivity index (χ0v) is 15.6. The van der Waals surface area contributed by atoms with Crippen molar-refractivity contribution in [2.24, 2.45) is 0 Å². The van der Waals surface area contributed by atoms with Crippen LogP contribution in [-0.2, 0) is 17.8 Å². The van der Waals surface area contributed by atoms with Gasteiger partial charge in [0, 0.05) is 25.2 Å². The lowest BCUT2D eigenvalue weighted by atomic mass is 10.1. The minimum Gasteiger partial charge on any atom is -0.379 e. The highest BCUT2D eigenvalue weighted by atomic mass is 32.1. The Morgan fingerprint density at radius 3 is 2.93 bits per heavy atom. The van der Waals surface area contributed by atoms with E-state index in [1.807, 2.05) is 41.8 Å². The molecule has 4 rings (SSSR count). The summed E-state index contributed by atoms with van der Waals surface area (Å²) in [5, 5.41) is 8.74. The van der Waals surface area contributed by atoms with Crippen molar-refractivity contribution in [2.75, 3.05) is 26.3 Å². The van der Waals surface area contributed by atoms with Gasteiger partial charge in [-0.1, -0.05) is 23.4 Å². The summed E-state index contributed by atoms with van der Waals surface area (Å²) in [6, 6.07) is 11.5. The molecule has 2 aromatic heterocycles. The predicted molar refractivity (Wildman–Crippen MR) is 101 cm³/mol. The molecule has 3 aromatic rings. The zero-order valence-electron chi connectivity index (χ0n) is 14.8. The summed E-state index contributed by atoms with van der Waals surface area (Å²) >= 11 is 1.54. The number of hydrogen-bond donors (Lipinski definition) is 1. The number of carbonyl (C=O) groups excluding carboxylic acids is 1. The monoisotopic (exact) mass is 384 g/mol. The van der Waals surface area contributed by atoms with E-state index in [0.717, 1.165) is 43.3 Å². The fraction of sp³-hybridized carbons (Fsp3) is 0.316. The number of thiophene rings is 1. The molecule has 140 valence electrons. The highest BCUT2D eigenvalue weighted by molar-refractivity contribution is 7.13. The molecule has 0 aliphatic carbocycles. The molecule has 1 aliphatic heterocycles. The lowest BCUT2D eigenvalue weighted by molar-refractivity contribution is 0.0342. The highest BCUT2D eigenvalue weighted by Crippen LogP contribution is 2.21. The fourth-order valence-electron chi connectivity index (χ4n) is 2.92. The molecule has 7 nitrogen and oxygen atoms in total. The maximum atomic E-state index is 12.5. The molecule has 0 spiro atoms. The van der Waals surface area contributed by atoms with E-state index in [1.165, 1.54) is 0 Å². The van der Waals surface area contributed by atoms with Crippen LogP contribution in [0.2, 0.25) is 0 Å². The molecular weight excluding hydrogens is 364 g/mol. The van der Waals surface area contributed by atoms with E-state index in [4.69, 9.17) is 9.26 Å². The Balaban J connectivity index is 1.35. The Kier molecular flexibility index (Phi) is 5.57.